The zero-order valence-corrected chi connectivity index (χ0v) is 20.0. The van der Waals surface area contributed by atoms with E-state index >= 15 is 0 Å². The van der Waals surface area contributed by atoms with Crippen LogP contribution in [0.2, 0.25) is 0 Å². The molecule has 2 aliphatic heterocycles. The molecule has 2 aromatic rings. The first-order valence-electron chi connectivity index (χ1n) is 11.6. The Balaban J connectivity index is 1.33. The third-order valence-corrected chi connectivity index (χ3v) is 6.42. The maximum atomic E-state index is 13.0. The minimum atomic E-state index is -1.18. The Kier molecular flexibility index (Phi) is 7.00. The average molecular weight is 465 g/mol. The summed E-state index contributed by atoms with van der Waals surface area (Å²) in [5.74, 6) is -0.817. The maximum Gasteiger partial charge on any atom is 0.325 e. The van der Waals surface area contributed by atoms with Crippen molar-refractivity contribution in [2.45, 2.75) is 45.5 Å². The number of carbonyl (C=O) groups is 3. The van der Waals surface area contributed by atoms with Gasteiger partial charge in [0.15, 0.2) is 0 Å². The predicted molar refractivity (Wildman–Crippen MR) is 128 cm³/mol. The number of urea groups is 1. The SMILES string of the molecule is Cc1ccc(C2(C)NC(=O)N(CC(=O)NCc3cccc(CN4CCOC(C)C4)c3)C2=O)cc1. The van der Waals surface area contributed by atoms with Crippen molar-refractivity contribution in [3.05, 3.63) is 70.8 Å². The van der Waals surface area contributed by atoms with E-state index in [1.165, 1.54) is 5.56 Å². The zero-order chi connectivity index (χ0) is 24.3. The monoisotopic (exact) mass is 464 g/mol. The van der Waals surface area contributed by atoms with E-state index in [1.54, 1.807) is 6.92 Å². The van der Waals surface area contributed by atoms with Crippen LogP contribution in [0.25, 0.3) is 0 Å². The summed E-state index contributed by atoms with van der Waals surface area (Å²) in [7, 11) is 0. The molecule has 4 amide bonds. The highest BCUT2D eigenvalue weighted by atomic mass is 16.5. The molecule has 2 aromatic carbocycles. The Hall–Kier alpha value is -3.23. The van der Waals surface area contributed by atoms with Crippen LogP contribution in [0.1, 0.15) is 36.1 Å². The molecule has 0 spiro atoms. The number of aryl methyl sites for hydroxylation is 1. The molecule has 0 bridgehead atoms. The summed E-state index contributed by atoms with van der Waals surface area (Å²) in [6, 6.07) is 14.9. The Morgan fingerprint density at radius 2 is 1.91 bits per heavy atom. The number of carbonyl (C=O) groups excluding carboxylic acids is 3. The molecule has 2 unspecified atom stereocenters. The number of benzene rings is 2. The Labute approximate surface area is 200 Å². The van der Waals surface area contributed by atoms with Gasteiger partial charge in [0.2, 0.25) is 5.91 Å². The Morgan fingerprint density at radius 3 is 2.65 bits per heavy atom. The van der Waals surface area contributed by atoms with Gasteiger partial charge in [-0.25, -0.2) is 4.79 Å². The first-order valence-corrected chi connectivity index (χ1v) is 11.6. The van der Waals surface area contributed by atoms with Crippen molar-refractivity contribution < 1.29 is 19.1 Å². The van der Waals surface area contributed by atoms with Crippen LogP contribution in [0.4, 0.5) is 4.79 Å². The molecule has 4 rings (SSSR count). The van der Waals surface area contributed by atoms with Gasteiger partial charge in [-0.1, -0.05) is 54.1 Å². The fourth-order valence-corrected chi connectivity index (χ4v) is 4.45. The number of hydrogen-bond donors (Lipinski definition) is 2. The van der Waals surface area contributed by atoms with Crippen LogP contribution in [0.3, 0.4) is 0 Å². The van der Waals surface area contributed by atoms with Crippen molar-refractivity contribution in [3.63, 3.8) is 0 Å². The van der Waals surface area contributed by atoms with Gasteiger partial charge in [0.1, 0.15) is 12.1 Å². The van der Waals surface area contributed by atoms with E-state index in [0.717, 1.165) is 42.3 Å². The Bertz CT molecular complexity index is 1070. The highest BCUT2D eigenvalue weighted by Gasteiger charge is 2.49. The van der Waals surface area contributed by atoms with Crippen molar-refractivity contribution in [1.29, 1.82) is 0 Å². The van der Waals surface area contributed by atoms with Crippen molar-refractivity contribution in [3.8, 4) is 0 Å². The van der Waals surface area contributed by atoms with Crippen LogP contribution in [0, 0.1) is 6.92 Å². The molecule has 0 aliphatic carbocycles. The third kappa shape index (κ3) is 5.29. The van der Waals surface area contributed by atoms with Gasteiger partial charge in [-0.2, -0.15) is 0 Å². The summed E-state index contributed by atoms with van der Waals surface area (Å²) >= 11 is 0. The molecule has 0 radical (unpaired) electrons. The van der Waals surface area contributed by atoms with E-state index < -0.39 is 17.5 Å². The number of morpholine rings is 1. The van der Waals surface area contributed by atoms with Crippen LogP contribution in [-0.2, 0) is 33.0 Å². The van der Waals surface area contributed by atoms with Crippen LogP contribution >= 0.6 is 0 Å². The molecule has 2 atom stereocenters. The van der Waals surface area contributed by atoms with Gasteiger partial charge in [0.05, 0.1) is 12.7 Å². The fourth-order valence-electron chi connectivity index (χ4n) is 4.45. The van der Waals surface area contributed by atoms with Gasteiger partial charge in [-0.3, -0.25) is 19.4 Å². The summed E-state index contributed by atoms with van der Waals surface area (Å²) in [5, 5.41) is 5.57. The fraction of sp³-hybridized carbons (Fsp3) is 0.423. The zero-order valence-electron chi connectivity index (χ0n) is 20.0. The number of amides is 4. The van der Waals surface area contributed by atoms with E-state index in [9.17, 15) is 14.4 Å². The van der Waals surface area contributed by atoms with Crippen LogP contribution in [0.15, 0.2) is 48.5 Å². The molecular weight excluding hydrogens is 432 g/mol. The number of nitrogens with zero attached hydrogens (tertiary/aromatic N) is 2. The first-order chi connectivity index (χ1) is 16.2. The molecule has 8 heteroatoms. The van der Waals surface area contributed by atoms with Crippen molar-refractivity contribution in [1.82, 2.24) is 20.4 Å². The Morgan fingerprint density at radius 1 is 1.18 bits per heavy atom. The minimum absolute atomic E-state index is 0.231. The van der Waals surface area contributed by atoms with Gasteiger partial charge in [0, 0.05) is 26.2 Å². The van der Waals surface area contributed by atoms with Gasteiger partial charge >= 0.3 is 6.03 Å². The van der Waals surface area contributed by atoms with Crippen LogP contribution < -0.4 is 10.6 Å². The van der Waals surface area contributed by atoms with E-state index in [1.807, 2.05) is 43.3 Å². The largest absolute Gasteiger partial charge is 0.376 e. The van der Waals surface area contributed by atoms with Gasteiger partial charge in [-0.15, -0.1) is 0 Å². The first kappa shape index (κ1) is 23.9. The smallest absolute Gasteiger partial charge is 0.325 e. The molecule has 34 heavy (non-hydrogen) atoms. The maximum absolute atomic E-state index is 13.0. The lowest BCUT2D eigenvalue weighted by atomic mass is 9.91. The van der Waals surface area contributed by atoms with Crippen LogP contribution in [0.5, 0.6) is 0 Å². The van der Waals surface area contributed by atoms with E-state index in [4.69, 9.17) is 4.74 Å². The number of nitrogens with one attached hydrogen (secondary N) is 2. The van der Waals surface area contributed by atoms with E-state index in [0.29, 0.717) is 12.1 Å². The van der Waals surface area contributed by atoms with Crippen molar-refractivity contribution >= 4 is 17.8 Å². The van der Waals surface area contributed by atoms with Gasteiger partial charge in [0.25, 0.3) is 5.91 Å². The molecule has 2 aliphatic rings. The van der Waals surface area contributed by atoms with E-state index in [2.05, 4.69) is 34.6 Å². The topological polar surface area (TPSA) is 91.0 Å². The lowest BCUT2D eigenvalue weighted by Crippen LogP contribution is -2.43. The summed E-state index contributed by atoms with van der Waals surface area (Å²) in [4.78, 5) is 41.5. The molecule has 2 fully saturated rings. The molecule has 2 heterocycles. The molecule has 2 saturated heterocycles. The van der Waals surface area contributed by atoms with Crippen LogP contribution in [-0.4, -0.2) is 60.0 Å². The molecule has 180 valence electrons. The number of ether oxygens (including phenoxy) is 1. The second-order valence-corrected chi connectivity index (χ2v) is 9.33. The summed E-state index contributed by atoms with van der Waals surface area (Å²) in [6.07, 6.45) is 0.231. The molecular formula is C26H32N4O4. The quantitative estimate of drug-likeness (QED) is 0.614. The molecule has 2 N–H and O–H groups in total. The summed E-state index contributed by atoms with van der Waals surface area (Å²) < 4.78 is 5.60. The lowest BCUT2D eigenvalue weighted by Gasteiger charge is -2.31. The average Bonchev–Trinajstić information content (AvgIpc) is 3.02. The molecule has 8 nitrogen and oxygen atoms in total. The number of rotatable bonds is 7. The highest BCUT2D eigenvalue weighted by Crippen LogP contribution is 2.28. The second-order valence-electron chi connectivity index (χ2n) is 9.33. The molecule has 0 saturated carbocycles. The minimum Gasteiger partial charge on any atom is -0.376 e. The van der Waals surface area contributed by atoms with Crippen molar-refractivity contribution in [2.75, 3.05) is 26.2 Å². The van der Waals surface area contributed by atoms with Crippen molar-refractivity contribution in [2.24, 2.45) is 0 Å². The molecule has 0 aromatic heterocycles. The number of hydrogen-bond acceptors (Lipinski definition) is 5. The van der Waals surface area contributed by atoms with Gasteiger partial charge in [-0.05, 0) is 37.5 Å². The third-order valence-electron chi connectivity index (χ3n) is 6.42. The predicted octanol–water partition coefficient (Wildman–Crippen LogP) is 2.30. The normalized spacial score (nSPS) is 23.1. The summed E-state index contributed by atoms with van der Waals surface area (Å²) in [6.45, 7) is 9.06. The highest BCUT2D eigenvalue weighted by molar-refractivity contribution is 6.09. The number of imide groups is 1. The lowest BCUT2D eigenvalue weighted by molar-refractivity contribution is -0.134. The second kappa shape index (κ2) is 9.95. The summed E-state index contributed by atoms with van der Waals surface area (Å²) in [5.41, 5.74) is 2.70. The van der Waals surface area contributed by atoms with Gasteiger partial charge < -0.3 is 15.4 Å². The standard InChI is InChI=1S/C26H32N4O4/c1-18-7-9-22(10-8-18)26(3)24(32)30(25(33)28-26)17-23(31)27-14-20-5-4-6-21(13-20)16-29-11-12-34-19(2)15-29/h4-10,13,19H,11-12,14-17H2,1-3H3,(H,27,31)(H,28,33). The van der Waals surface area contributed by atoms with E-state index in [-0.39, 0.29) is 18.6 Å².